The van der Waals surface area contributed by atoms with Gasteiger partial charge >= 0.3 is 0 Å². The van der Waals surface area contributed by atoms with Crippen LogP contribution >= 0.6 is 0 Å². The van der Waals surface area contributed by atoms with E-state index in [1.54, 1.807) is 0 Å². The summed E-state index contributed by atoms with van der Waals surface area (Å²) in [5.74, 6) is 1.70. The molecule has 0 aromatic carbocycles. The molecule has 3 heteroatoms. The van der Waals surface area contributed by atoms with Crippen LogP contribution in [0.5, 0.6) is 0 Å². The second-order valence-corrected chi connectivity index (χ2v) is 8.23. The van der Waals surface area contributed by atoms with Crippen LogP contribution in [0.1, 0.15) is 59.3 Å². The summed E-state index contributed by atoms with van der Waals surface area (Å²) in [6.07, 6.45) is 8.78. The summed E-state index contributed by atoms with van der Waals surface area (Å²) in [5.41, 5.74) is 0.421. The van der Waals surface area contributed by atoms with Crippen molar-refractivity contribution in [1.82, 2.24) is 5.32 Å². The quantitative estimate of drug-likeness (QED) is 0.790. The van der Waals surface area contributed by atoms with Crippen molar-refractivity contribution in [3.63, 3.8) is 0 Å². The van der Waals surface area contributed by atoms with Crippen LogP contribution in [0.3, 0.4) is 0 Å². The number of piperidine rings is 1. The van der Waals surface area contributed by atoms with Crippen molar-refractivity contribution in [3.05, 3.63) is 0 Å². The van der Waals surface area contributed by atoms with E-state index in [1.165, 1.54) is 45.1 Å². The Morgan fingerprint density at radius 1 is 1.10 bits per heavy atom. The zero-order valence-corrected chi connectivity index (χ0v) is 14.1. The molecule has 21 heavy (non-hydrogen) atoms. The molecule has 1 N–H and O–H groups in total. The molecule has 3 unspecified atom stereocenters. The molecule has 2 heterocycles. The molecule has 3 aliphatic rings. The van der Waals surface area contributed by atoms with Crippen LogP contribution in [0, 0.1) is 17.3 Å². The average molecular weight is 295 g/mol. The van der Waals surface area contributed by atoms with Crippen LogP contribution in [-0.2, 0) is 9.47 Å². The maximum Gasteiger partial charge on any atom is 0.104 e. The third kappa shape index (κ3) is 4.00. The lowest BCUT2D eigenvalue weighted by atomic mass is 9.65. The van der Waals surface area contributed by atoms with Crippen LogP contribution < -0.4 is 5.32 Å². The molecule has 3 atom stereocenters. The van der Waals surface area contributed by atoms with E-state index in [0.717, 1.165) is 25.0 Å². The SMILES string of the molecule is CC1CCC(C(C)(C)C2CCC(OCC3CO3)CC2)NC1. The number of ether oxygens (including phenoxy) is 2. The Hall–Kier alpha value is -0.120. The fourth-order valence-corrected chi connectivity index (χ4v) is 4.30. The molecule has 0 aromatic heterocycles. The third-order valence-corrected chi connectivity index (χ3v) is 6.21. The third-order valence-electron chi connectivity index (χ3n) is 6.21. The lowest BCUT2D eigenvalue weighted by molar-refractivity contribution is -0.0137. The predicted molar refractivity (Wildman–Crippen MR) is 85.4 cm³/mol. The van der Waals surface area contributed by atoms with Gasteiger partial charge in [-0.2, -0.15) is 0 Å². The highest BCUT2D eigenvalue weighted by atomic mass is 16.6. The average Bonchev–Trinajstić information content (AvgIpc) is 3.30. The highest BCUT2D eigenvalue weighted by molar-refractivity contribution is 4.94. The van der Waals surface area contributed by atoms with Gasteiger partial charge < -0.3 is 14.8 Å². The van der Waals surface area contributed by atoms with E-state index in [-0.39, 0.29) is 0 Å². The number of epoxide rings is 1. The fourth-order valence-electron chi connectivity index (χ4n) is 4.30. The largest absolute Gasteiger partial charge is 0.375 e. The summed E-state index contributed by atoms with van der Waals surface area (Å²) in [4.78, 5) is 0. The maximum absolute atomic E-state index is 5.99. The fraction of sp³-hybridized carbons (Fsp3) is 1.00. The molecule has 0 bridgehead atoms. The molecule has 3 nitrogen and oxygen atoms in total. The van der Waals surface area contributed by atoms with Crippen LogP contribution in [-0.4, -0.2) is 38.0 Å². The highest BCUT2D eigenvalue weighted by Crippen LogP contribution is 2.43. The zero-order chi connectivity index (χ0) is 14.9. The molecule has 122 valence electrons. The number of rotatable bonds is 5. The summed E-state index contributed by atoms with van der Waals surface area (Å²) in [6, 6.07) is 0.705. The molecule has 1 aliphatic carbocycles. The van der Waals surface area contributed by atoms with Gasteiger partial charge in [-0.05, 0) is 62.3 Å². The van der Waals surface area contributed by atoms with Gasteiger partial charge in [-0.25, -0.2) is 0 Å². The molecular weight excluding hydrogens is 262 g/mol. The van der Waals surface area contributed by atoms with E-state index >= 15 is 0 Å². The van der Waals surface area contributed by atoms with Crippen molar-refractivity contribution >= 4 is 0 Å². The van der Waals surface area contributed by atoms with Gasteiger partial charge in [-0.3, -0.25) is 0 Å². The Labute approximate surface area is 130 Å². The summed E-state index contributed by atoms with van der Waals surface area (Å²) in [7, 11) is 0. The van der Waals surface area contributed by atoms with Gasteiger partial charge in [-0.15, -0.1) is 0 Å². The normalized spacial score (nSPS) is 41.0. The van der Waals surface area contributed by atoms with Gasteiger partial charge in [0.2, 0.25) is 0 Å². The molecule has 3 fully saturated rings. The topological polar surface area (TPSA) is 33.8 Å². The minimum Gasteiger partial charge on any atom is -0.375 e. The van der Waals surface area contributed by atoms with Gasteiger partial charge in [0.25, 0.3) is 0 Å². The van der Waals surface area contributed by atoms with Crippen molar-refractivity contribution in [2.24, 2.45) is 17.3 Å². The van der Waals surface area contributed by atoms with Gasteiger partial charge in [0, 0.05) is 6.04 Å². The first-order chi connectivity index (χ1) is 10.1. The van der Waals surface area contributed by atoms with Crippen molar-refractivity contribution in [2.45, 2.75) is 77.5 Å². The first-order valence-corrected chi connectivity index (χ1v) is 9.02. The lowest BCUT2D eigenvalue weighted by Gasteiger charge is -2.46. The summed E-state index contributed by atoms with van der Waals surface area (Å²) in [6.45, 7) is 10.3. The summed E-state index contributed by atoms with van der Waals surface area (Å²) >= 11 is 0. The number of hydrogen-bond donors (Lipinski definition) is 1. The van der Waals surface area contributed by atoms with Crippen LogP contribution in [0.25, 0.3) is 0 Å². The van der Waals surface area contributed by atoms with Crippen molar-refractivity contribution in [3.8, 4) is 0 Å². The van der Waals surface area contributed by atoms with Gasteiger partial charge in [0.05, 0.1) is 19.3 Å². The Balaban J connectivity index is 1.45. The Bertz CT molecular complexity index is 324. The second kappa shape index (κ2) is 6.55. The van der Waals surface area contributed by atoms with Gasteiger partial charge in [-0.1, -0.05) is 20.8 Å². The van der Waals surface area contributed by atoms with E-state index < -0.39 is 0 Å². The van der Waals surface area contributed by atoms with Crippen LogP contribution in [0.4, 0.5) is 0 Å². The van der Waals surface area contributed by atoms with Crippen molar-refractivity contribution in [1.29, 1.82) is 0 Å². The Kier molecular flexibility index (Phi) is 4.92. The molecule has 0 spiro atoms. The first-order valence-electron chi connectivity index (χ1n) is 9.02. The monoisotopic (exact) mass is 295 g/mol. The Morgan fingerprint density at radius 3 is 2.38 bits per heavy atom. The van der Waals surface area contributed by atoms with Crippen molar-refractivity contribution in [2.75, 3.05) is 19.8 Å². The summed E-state index contributed by atoms with van der Waals surface area (Å²) in [5, 5.41) is 3.82. The standard InChI is InChI=1S/C18H33NO2/c1-13-4-9-17(19-10-13)18(2,3)14-5-7-15(8-6-14)20-11-16-12-21-16/h13-17,19H,4-12H2,1-3H3. The summed E-state index contributed by atoms with van der Waals surface area (Å²) < 4.78 is 11.2. The second-order valence-electron chi connectivity index (χ2n) is 8.23. The van der Waals surface area contributed by atoms with E-state index in [0.29, 0.717) is 23.7 Å². The smallest absolute Gasteiger partial charge is 0.104 e. The van der Waals surface area contributed by atoms with Crippen LogP contribution in [0.2, 0.25) is 0 Å². The van der Waals surface area contributed by atoms with Crippen LogP contribution in [0.15, 0.2) is 0 Å². The Morgan fingerprint density at radius 2 is 1.81 bits per heavy atom. The van der Waals surface area contributed by atoms with E-state index in [9.17, 15) is 0 Å². The predicted octanol–water partition coefficient (Wildman–Crippen LogP) is 3.37. The molecule has 0 aromatic rings. The van der Waals surface area contributed by atoms with Crippen molar-refractivity contribution < 1.29 is 9.47 Å². The van der Waals surface area contributed by atoms with E-state index in [1.807, 2.05) is 0 Å². The highest BCUT2D eigenvalue weighted by Gasteiger charge is 2.40. The molecule has 1 saturated carbocycles. The molecule has 0 amide bonds. The minimum atomic E-state index is 0.410. The molecule has 0 radical (unpaired) electrons. The minimum absolute atomic E-state index is 0.410. The number of hydrogen-bond acceptors (Lipinski definition) is 3. The molecule has 2 saturated heterocycles. The first kappa shape index (κ1) is 15.8. The lowest BCUT2D eigenvalue weighted by Crippen LogP contribution is -2.51. The number of nitrogens with one attached hydrogen (secondary N) is 1. The molecule has 2 aliphatic heterocycles. The maximum atomic E-state index is 5.99. The van der Waals surface area contributed by atoms with E-state index in [4.69, 9.17) is 9.47 Å². The van der Waals surface area contributed by atoms with E-state index in [2.05, 4.69) is 26.1 Å². The molecule has 3 rings (SSSR count). The van der Waals surface area contributed by atoms with Gasteiger partial charge in [0.1, 0.15) is 6.10 Å². The molecular formula is C18H33NO2. The van der Waals surface area contributed by atoms with Gasteiger partial charge in [0.15, 0.2) is 0 Å². The zero-order valence-electron chi connectivity index (χ0n) is 14.1.